The first-order valence-corrected chi connectivity index (χ1v) is 7.13. The van der Waals surface area contributed by atoms with Crippen LogP contribution in [0.1, 0.15) is 36.7 Å². The number of benzene rings is 2. The molecule has 3 N–H and O–H groups in total. The molecule has 0 aromatic heterocycles. The number of nitrogen functional groups attached to an aromatic ring is 1. The molecule has 0 spiro atoms. The van der Waals surface area contributed by atoms with Gasteiger partial charge in [0.1, 0.15) is 0 Å². The van der Waals surface area contributed by atoms with Gasteiger partial charge in [0.05, 0.1) is 16.3 Å². The van der Waals surface area contributed by atoms with Crippen molar-refractivity contribution in [3.63, 3.8) is 0 Å². The fraction of sp³-hybridized carbons (Fsp3) is 0.235. The number of para-hydroxylation sites is 2. The molecule has 0 aliphatic heterocycles. The quantitative estimate of drug-likeness (QED) is 0.804. The molecular formula is C17H19ClN2O. The molecule has 0 aliphatic rings. The van der Waals surface area contributed by atoms with Gasteiger partial charge < -0.3 is 11.1 Å². The van der Waals surface area contributed by atoms with Crippen molar-refractivity contribution in [2.45, 2.75) is 26.2 Å². The minimum atomic E-state index is -0.258. The zero-order valence-corrected chi connectivity index (χ0v) is 13.2. The van der Waals surface area contributed by atoms with Crippen molar-refractivity contribution in [2.24, 2.45) is 0 Å². The standard InChI is InChI=1S/C17H19ClN2O/c1-17(2,3)12-8-4-5-10-14(12)20-16(21)11-7-6-9-13(18)15(11)19/h4-10H,19H2,1-3H3,(H,20,21). The van der Waals surface area contributed by atoms with Gasteiger partial charge in [-0.15, -0.1) is 0 Å². The molecule has 1 amide bonds. The second kappa shape index (κ2) is 5.78. The number of amides is 1. The third-order valence-electron chi connectivity index (χ3n) is 3.28. The van der Waals surface area contributed by atoms with E-state index in [-0.39, 0.29) is 11.3 Å². The maximum absolute atomic E-state index is 12.4. The molecule has 0 unspecified atom stereocenters. The Morgan fingerprint density at radius 2 is 1.76 bits per heavy atom. The summed E-state index contributed by atoms with van der Waals surface area (Å²) in [4.78, 5) is 12.4. The zero-order valence-electron chi connectivity index (χ0n) is 12.4. The van der Waals surface area contributed by atoms with Crippen molar-refractivity contribution < 1.29 is 4.79 Å². The minimum absolute atomic E-state index is 0.0657. The Hall–Kier alpha value is -2.00. The number of carbonyl (C=O) groups excluding carboxylic acids is 1. The predicted octanol–water partition coefficient (Wildman–Crippen LogP) is 4.47. The highest BCUT2D eigenvalue weighted by atomic mass is 35.5. The summed E-state index contributed by atoms with van der Waals surface area (Å²) in [6.07, 6.45) is 0. The van der Waals surface area contributed by atoms with E-state index >= 15 is 0 Å². The summed E-state index contributed by atoms with van der Waals surface area (Å²) in [6, 6.07) is 12.8. The molecule has 21 heavy (non-hydrogen) atoms. The summed E-state index contributed by atoms with van der Waals surface area (Å²) < 4.78 is 0. The number of nitrogens with two attached hydrogens (primary N) is 1. The first-order chi connectivity index (χ1) is 9.80. The first-order valence-electron chi connectivity index (χ1n) is 6.75. The Morgan fingerprint density at radius 3 is 2.43 bits per heavy atom. The van der Waals surface area contributed by atoms with Gasteiger partial charge in [0.15, 0.2) is 0 Å². The van der Waals surface area contributed by atoms with Gasteiger partial charge in [-0.1, -0.05) is 56.6 Å². The fourth-order valence-corrected chi connectivity index (χ4v) is 2.35. The summed E-state index contributed by atoms with van der Waals surface area (Å²) in [5.74, 6) is -0.258. The number of hydrogen-bond acceptors (Lipinski definition) is 2. The van der Waals surface area contributed by atoms with Gasteiger partial charge in [0.2, 0.25) is 0 Å². The van der Waals surface area contributed by atoms with Crippen molar-refractivity contribution in [1.82, 2.24) is 0 Å². The van der Waals surface area contributed by atoms with Crippen molar-refractivity contribution in [1.29, 1.82) is 0 Å². The first kappa shape index (κ1) is 15.4. The molecule has 2 rings (SSSR count). The maximum Gasteiger partial charge on any atom is 0.257 e. The van der Waals surface area contributed by atoms with Crippen LogP contribution >= 0.6 is 11.6 Å². The number of nitrogens with one attached hydrogen (secondary N) is 1. The molecule has 110 valence electrons. The van der Waals surface area contributed by atoms with E-state index in [4.69, 9.17) is 17.3 Å². The van der Waals surface area contributed by atoms with Crippen LogP contribution in [0.15, 0.2) is 42.5 Å². The van der Waals surface area contributed by atoms with E-state index in [0.29, 0.717) is 16.3 Å². The summed E-state index contributed by atoms with van der Waals surface area (Å²) >= 11 is 5.96. The number of anilines is 2. The highest BCUT2D eigenvalue weighted by Crippen LogP contribution is 2.30. The highest BCUT2D eigenvalue weighted by molar-refractivity contribution is 6.34. The number of hydrogen-bond donors (Lipinski definition) is 2. The monoisotopic (exact) mass is 302 g/mol. The summed E-state index contributed by atoms with van der Waals surface area (Å²) in [7, 11) is 0. The van der Waals surface area contributed by atoms with Gasteiger partial charge in [-0.05, 0) is 29.2 Å². The maximum atomic E-state index is 12.4. The van der Waals surface area contributed by atoms with E-state index in [9.17, 15) is 4.79 Å². The Kier molecular flexibility index (Phi) is 4.24. The van der Waals surface area contributed by atoms with Gasteiger partial charge in [-0.2, -0.15) is 0 Å². The van der Waals surface area contributed by atoms with Crippen LogP contribution < -0.4 is 11.1 Å². The molecule has 3 nitrogen and oxygen atoms in total. The number of carbonyl (C=O) groups is 1. The fourth-order valence-electron chi connectivity index (χ4n) is 2.17. The van der Waals surface area contributed by atoms with Crippen LogP contribution in [0.4, 0.5) is 11.4 Å². The lowest BCUT2D eigenvalue weighted by Gasteiger charge is -2.23. The van der Waals surface area contributed by atoms with Gasteiger partial charge >= 0.3 is 0 Å². The zero-order chi connectivity index (χ0) is 15.6. The van der Waals surface area contributed by atoms with E-state index in [1.807, 2.05) is 24.3 Å². The van der Waals surface area contributed by atoms with Crippen LogP contribution in [0.3, 0.4) is 0 Å². The summed E-state index contributed by atoms with van der Waals surface area (Å²) in [6.45, 7) is 6.31. The lowest BCUT2D eigenvalue weighted by Crippen LogP contribution is -2.19. The van der Waals surface area contributed by atoms with E-state index in [1.54, 1.807) is 18.2 Å². The largest absolute Gasteiger partial charge is 0.397 e. The molecule has 0 fully saturated rings. The molecule has 4 heteroatoms. The molecule has 0 heterocycles. The second-order valence-corrected chi connectivity index (χ2v) is 6.36. The van der Waals surface area contributed by atoms with Gasteiger partial charge in [-0.25, -0.2) is 0 Å². The highest BCUT2D eigenvalue weighted by Gasteiger charge is 2.19. The molecule has 0 saturated heterocycles. The number of rotatable bonds is 2. The van der Waals surface area contributed by atoms with E-state index < -0.39 is 0 Å². The molecular weight excluding hydrogens is 284 g/mol. The minimum Gasteiger partial charge on any atom is -0.397 e. The molecule has 0 aliphatic carbocycles. The summed E-state index contributed by atoms with van der Waals surface area (Å²) in [5.41, 5.74) is 8.33. The average Bonchev–Trinajstić information content (AvgIpc) is 2.41. The van der Waals surface area contributed by atoms with Crippen LogP contribution in [0.25, 0.3) is 0 Å². The third-order valence-corrected chi connectivity index (χ3v) is 3.61. The molecule has 0 atom stereocenters. The number of halogens is 1. The van der Waals surface area contributed by atoms with Crippen molar-refractivity contribution in [2.75, 3.05) is 11.1 Å². The van der Waals surface area contributed by atoms with Crippen LogP contribution in [0, 0.1) is 0 Å². The van der Waals surface area contributed by atoms with E-state index in [0.717, 1.165) is 11.3 Å². The SMILES string of the molecule is CC(C)(C)c1ccccc1NC(=O)c1cccc(Cl)c1N. The topological polar surface area (TPSA) is 55.1 Å². The molecule has 2 aromatic carbocycles. The van der Waals surface area contributed by atoms with Gasteiger partial charge in [0, 0.05) is 5.69 Å². The van der Waals surface area contributed by atoms with Crippen LogP contribution in [-0.4, -0.2) is 5.91 Å². The smallest absolute Gasteiger partial charge is 0.257 e. The average molecular weight is 303 g/mol. The Labute approximate surface area is 130 Å². The molecule has 0 bridgehead atoms. The van der Waals surface area contributed by atoms with Crippen LogP contribution in [0.5, 0.6) is 0 Å². The molecule has 0 saturated carbocycles. The summed E-state index contributed by atoms with van der Waals surface area (Å²) in [5, 5.41) is 3.31. The van der Waals surface area contributed by atoms with Crippen LogP contribution in [0.2, 0.25) is 5.02 Å². The second-order valence-electron chi connectivity index (χ2n) is 5.95. The van der Waals surface area contributed by atoms with Crippen molar-refractivity contribution in [3.05, 3.63) is 58.6 Å². The van der Waals surface area contributed by atoms with Gasteiger partial charge in [-0.3, -0.25) is 4.79 Å². The van der Waals surface area contributed by atoms with Crippen molar-refractivity contribution in [3.8, 4) is 0 Å². The molecule has 0 radical (unpaired) electrons. The third kappa shape index (κ3) is 3.37. The van der Waals surface area contributed by atoms with Crippen molar-refractivity contribution >= 4 is 28.9 Å². The van der Waals surface area contributed by atoms with Crippen LogP contribution in [-0.2, 0) is 5.41 Å². The van der Waals surface area contributed by atoms with Gasteiger partial charge in [0.25, 0.3) is 5.91 Å². The lowest BCUT2D eigenvalue weighted by atomic mass is 9.86. The predicted molar refractivity (Wildman–Crippen MR) is 89.0 cm³/mol. The lowest BCUT2D eigenvalue weighted by molar-refractivity contribution is 0.102. The Bertz CT molecular complexity index is 675. The molecule has 2 aromatic rings. The van der Waals surface area contributed by atoms with E-state index in [1.165, 1.54) is 0 Å². The Balaban J connectivity index is 2.35. The Morgan fingerprint density at radius 1 is 1.10 bits per heavy atom. The normalized spacial score (nSPS) is 11.2. The van der Waals surface area contributed by atoms with E-state index in [2.05, 4.69) is 26.1 Å².